The van der Waals surface area contributed by atoms with Crippen molar-refractivity contribution in [1.29, 1.82) is 0 Å². The Morgan fingerprint density at radius 2 is 1.93 bits per heavy atom. The molecule has 0 amide bonds. The molecule has 0 fully saturated rings. The van der Waals surface area contributed by atoms with Crippen molar-refractivity contribution in [2.24, 2.45) is 0 Å². The van der Waals surface area contributed by atoms with Gasteiger partial charge in [-0.3, -0.25) is 5.10 Å². The van der Waals surface area contributed by atoms with Crippen molar-refractivity contribution in [3.05, 3.63) is 28.7 Å². The summed E-state index contributed by atoms with van der Waals surface area (Å²) in [4.78, 5) is 0. The molecule has 0 spiro atoms. The van der Waals surface area contributed by atoms with Crippen molar-refractivity contribution in [2.45, 2.75) is 27.7 Å². The molecule has 2 aromatic heterocycles. The van der Waals surface area contributed by atoms with E-state index in [0.29, 0.717) is 0 Å². The Hall–Kier alpha value is -1.58. The van der Waals surface area contributed by atoms with E-state index in [0.717, 1.165) is 22.9 Å². The third-order valence-electron chi connectivity index (χ3n) is 2.56. The van der Waals surface area contributed by atoms with Crippen LogP contribution in [-0.4, -0.2) is 20.0 Å². The Labute approximate surface area is 83.0 Å². The van der Waals surface area contributed by atoms with Crippen LogP contribution in [0.25, 0.3) is 5.82 Å². The topological polar surface area (TPSA) is 46.5 Å². The number of aryl methyl sites for hydroxylation is 2. The molecule has 0 saturated carbocycles. The lowest BCUT2D eigenvalue weighted by atomic mass is 10.2. The van der Waals surface area contributed by atoms with Gasteiger partial charge < -0.3 is 0 Å². The minimum atomic E-state index is 0.858. The zero-order chi connectivity index (χ0) is 10.3. The summed E-state index contributed by atoms with van der Waals surface area (Å²) < 4.78 is 1.87. The molecule has 0 saturated heterocycles. The largest absolute Gasteiger partial charge is 0.281 e. The summed E-state index contributed by atoms with van der Waals surface area (Å²) >= 11 is 0. The normalized spacial score (nSPS) is 10.9. The average Bonchev–Trinajstić information content (AvgIpc) is 2.66. The van der Waals surface area contributed by atoms with Crippen LogP contribution < -0.4 is 0 Å². The predicted octanol–water partition coefficient (Wildman–Crippen LogP) is 1.83. The highest BCUT2D eigenvalue weighted by Gasteiger charge is 2.10. The maximum Gasteiger partial charge on any atom is 0.175 e. The van der Waals surface area contributed by atoms with Gasteiger partial charge in [0.1, 0.15) is 0 Å². The smallest absolute Gasteiger partial charge is 0.175 e. The number of aromatic amines is 1. The van der Waals surface area contributed by atoms with Gasteiger partial charge in [-0.15, -0.1) is 0 Å². The quantitative estimate of drug-likeness (QED) is 0.745. The van der Waals surface area contributed by atoms with Gasteiger partial charge in [-0.05, 0) is 33.3 Å². The monoisotopic (exact) mass is 190 g/mol. The summed E-state index contributed by atoms with van der Waals surface area (Å²) in [6, 6.07) is 1.98. The highest BCUT2D eigenvalue weighted by atomic mass is 15.4. The first-order valence-electron chi connectivity index (χ1n) is 4.65. The molecule has 0 atom stereocenters. The number of nitrogens with one attached hydrogen (secondary N) is 1. The molecule has 0 radical (unpaired) electrons. The van der Waals surface area contributed by atoms with Crippen molar-refractivity contribution in [2.75, 3.05) is 0 Å². The molecule has 14 heavy (non-hydrogen) atoms. The van der Waals surface area contributed by atoms with Crippen LogP contribution in [0.4, 0.5) is 0 Å². The van der Waals surface area contributed by atoms with E-state index in [1.165, 1.54) is 5.56 Å². The van der Waals surface area contributed by atoms with E-state index in [-0.39, 0.29) is 0 Å². The van der Waals surface area contributed by atoms with E-state index in [4.69, 9.17) is 0 Å². The minimum absolute atomic E-state index is 0.858. The summed E-state index contributed by atoms with van der Waals surface area (Å²) in [5.74, 6) is 0.858. The fourth-order valence-corrected chi connectivity index (χ4v) is 1.46. The van der Waals surface area contributed by atoms with Crippen LogP contribution in [0.3, 0.4) is 0 Å². The molecule has 0 unspecified atom stereocenters. The zero-order valence-electron chi connectivity index (χ0n) is 8.92. The Morgan fingerprint density at radius 3 is 2.36 bits per heavy atom. The van der Waals surface area contributed by atoms with Gasteiger partial charge in [0, 0.05) is 17.5 Å². The van der Waals surface area contributed by atoms with E-state index in [1.54, 1.807) is 0 Å². The van der Waals surface area contributed by atoms with Crippen LogP contribution in [0.2, 0.25) is 0 Å². The van der Waals surface area contributed by atoms with Crippen molar-refractivity contribution in [1.82, 2.24) is 20.0 Å². The molecular weight excluding hydrogens is 176 g/mol. The number of hydrogen-bond acceptors (Lipinski definition) is 2. The molecule has 2 rings (SSSR count). The third kappa shape index (κ3) is 1.23. The van der Waals surface area contributed by atoms with E-state index in [2.05, 4.69) is 29.1 Å². The SMILES string of the molecule is Cc1cc(-n2nc(C)c(C)c2C)n[nH]1. The summed E-state index contributed by atoms with van der Waals surface area (Å²) in [7, 11) is 0. The Kier molecular flexibility index (Phi) is 1.91. The number of nitrogens with zero attached hydrogens (tertiary/aromatic N) is 3. The Morgan fingerprint density at radius 1 is 1.21 bits per heavy atom. The van der Waals surface area contributed by atoms with Gasteiger partial charge >= 0.3 is 0 Å². The first kappa shape index (κ1) is 8.99. The summed E-state index contributed by atoms with van der Waals surface area (Å²) in [6.07, 6.45) is 0. The molecule has 2 heterocycles. The van der Waals surface area contributed by atoms with E-state index in [1.807, 2.05) is 24.6 Å². The Balaban J connectivity index is 2.57. The summed E-state index contributed by atoms with van der Waals surface area (Å²) in [6.45, 7) is 8.13. The fourth-order valence-electron chi connectivity index (χ4n) is 1.46. The molecule has 4 heteroatoms. The first-order valence-corrected chi connectivity index (χ1v) is 4.65. The van der Waals surface area contributed by atoms with Crippen LogP contribution in [0, 0.1) is 27.7 Å². The second-order valence-corrected chi connectivity index (χ2v) is 3.62. The summed E-state index contributed by atoms with van der Waals surface area (Å²) in [5.41, 5.74) is 4.48. The lowest BCUT2D eigenvalue weighted by Crippen LogP contribution is -1.99. The number of H-pyrrole nitrogens is 1. The van der Waals surface area contributed by atoms with Gasteiger partial charge in [0.25, 0.3) is 0 Å². The van der Waals surface area contributed by atoms with E-state index >= 15 is 0 Å². The van der Waals surface area contributed by atoms with Crippen LogP contribution in [-0.2, 0) is 0 Å². The first-order chi connectivity index (χ1) is 6.59. The van der Waals surface area contributed by atoms with E-state index < -0.39 is 0 Å². The molecule has 0 aliphatic heterocycles. The molecule has 0 bridgehead atoms. The molecule has 0 aromatic carbocycles. The van der Waals surface area contributed by atoms with Crippen molar-refractivity contribution in [3.8, 4) is 5.82 Å². The fraction of sp³-hybridized carbons (Fsp3) is 0.400. The van der Waals surface area contributed by atoms with Crippen LogP contribution in [0.5, 0.6) is 0 Å². The van der Waals surface area contributed by atoms with E-state index in [9.17, 15) is 0 Å². The summed E-state index contributed by atoms with van der Waals surface area (Å²) in [5, 5.41) is 11.5. The lowest BCUT2D eigenvalue weighted by molar-refractivity contribution is 0.797. The van der Waals surface area contributed by atoms with Gasteiger partial charge in [0.2, 0.25) is 0 Å². The number of hydrogen-bond donors (Lipinski definition) is 1. The second-order valence-electron chi connectivity index (χ2n) is 3.62. The number of rotatable bonds is 1. The maximum atomic E-state index is 4.43. The van der Waals surface area contributed by atoms with Gasteiger partial charge in [0.05, 0.1) is 5.69 Å². The van der Waals surface area contributed by atoms with Crippen LogP contribution in [0.1, 0.15) is 22.6 Å². The molecule has 2 aromatic rings. The van der Waals surface area contributed by atoms with Gasteiger partial charge in [-0.1, -0.05) is 0 Å². The minimum Gasteiger partial charge on any atom is -0.281 e. The second kappa shape index (κ2) is 2.97. The third-order valence-corrected chi connectivity index (χ3v) is 2.56. The number of aromatic nitrogens is 4. The van der Waals surface area contributed by atoms with Crippen molar-refractivity contribution in [3.63, 3.8) is 0 Å². The zero-order valence-corrected chi connectivity index (χ0v) is 8.92. The predicted molar refractivity (Wildman–Crippen MR) is 54.7 cm³/mol. The maximum absolute atomic E-state index is 4.43. The molecule has 1 N–H and O–H groups in total. The highest BCUT2D eigenvalue weighted by molar-refractivity contribution is 5.31. The van der Waals surface area contributed by atoms with Gasteiger partial charge in [0.15, 0.2) is 5.82 Å². The molecule has 74 valence electrons. The molecule has 4 nitrogen and oxygen atoms in total. The van der Waals surface area contributed by atoms with Crippen LogP contribution in [0.15, 0.2) is 6.07 Å². The molecule has 0 aliphatic rings. The van der Waals surface area contributed by atoms with Gasteiger partial charge in [-0.2, -0.15) is 10.2 Å². The van der Waals surface area contributed by atoms with Crippen molar-refractivity contribution < 1.29 is 0 Å². The molecular formula is C10H14N4. The average molecular weight is 190 g/mol. The van der Waals surface area contributed by atoms with Gasteiger partial charge in [-0.25, -0.2) is 4.68 Å². The molecule has 0 aliphatic carbocycles. The van der Waals surface area contributed by atoms with Crippen molar-refractivity contribution >= 4 is 0 Å². The lowest BCUT2D eigenvalue weighted by Gasteiger charge is -1.97. The highest BCUT2D eigenvalue weighted by Crippen LogP contribution is 2.15. The Bertz CT molecular complexity index is 464. The standard InChI is InChI=1S/C10H14N4/c1-6-5-10(12-11-6)14-9(4)7(2)8(3)13-14/h5H,1-4H3,(H,11,12). The van der Waals surface area contributed by atoms with Crippen LogP contribution >= 0.6 is 0 Å².